The zero-order chi connectivity index (χ0) is 17.2. The molecule has 136 valence electrons. The lowest BCUT2D eigenvalue weighted by molar-refractivity contribution is 0.0459. The van der Waals surface area contributed by atoms with Gasteiger partial charge in [0.05, 0.1) is 31.7 Å². The molecule has 0 aromatic carbocycles. The van der Waals surface area contributed by atoms with Crippen molar-refractivity contribution in [2.24, 2.45) is 18.9 Å². The summed E-state index contributed by atoms with van der Waals surface area (Å²) in [6.45, 7) is 6.00. The van der Waals surface area contributed by atoms with Gasteiger partial charge in [0.15, 0.2) is 0 Å². The van der Waals surface area contributed by atoms with Gasteiger partial charge in [0.1, 0.15) is 5.76 Å². The molecule has 0 amide bonds. The molecular formula is C19H28N4O2. The van der Waals surface area contributed by atoms with E-state index in [0.717, 1.165) is 45.1 Å². The van der Waals surface area contributed by atoms with Crippen LogP contribution in [0.5, 0.6) is 0 Å². The quantitative estimate of drug-likeness (QED) is 0.802. The highest BCUT2D eigenvalue weighted by Gasteiger charge is 2.41. The van der Waals surface area contributed by atoms with E-state index in [1.165, 1.54) is 12.0 Å². The Balaban J connectivity index is 1.33. The van der Waals surface area contributed by atoms with Crippen molar-refractivity contribution in [1.29, 1.82) is 0 Å². The smallest absolute Gasteiger partial charge is 0.117 e. The number of hydrogen-bond donors (Lipinski definition) is 0. The largest absolute Gasteiger partial charge is 0.468 e. The Morgan fingerprint density at radius 3 is 3.08 bits per heavy atom. The Hall–Kier alpha value is -1.63. The highest BCUT2D eigenvalue weighted by atomic mass is 16.5. The summed E-state index contributed by atoms with van der Waals surface area (Å²) in [6.07, 6.45) is 7.39. The van der Waals surface area contributed by atoms with Gasteiger partial charge in [-0.3, -0.25) is 14.5 Å². The van der Waals surface area contributed by atoms with Gasteiger partial charge in [-0.25, -0.2) is 0 Å². The molecule has 2 aliphatic heterocycles. The molecule has 6 nitrogen and oxygen atoms in total. The summed E-state index contributed by atoms with van der Waals surface area (Å²) < 4.78 is 13.5. The van der Waals surface area contributed by atoms with Gasteiger partial charge in [-0.1, -0.05) is 0 Å². The summed E-state index contributed by atoms with van der Waals surface area (Å²) in [6, 6.07) is 3.98. The Morgan fingerprint density at radius 1 is 1.40 bits per heavy atom. The molecule has 0 unspecified atom stereocenters. The summed E-state index contributed by atoms with van der Waals surface area (Å²) in [5, 5.41) is 4.29. The summed E-state index contributed by atoms with van der Waals surface area (Å²) in [5.74, 6) is 2.36. The molecule has 6 heteroatoms. The number of furan rings is 1. The third kappa shape index (κ3) is 3.97. The van der Waals surface area contributed by atoms with E-state index >= 15 is 0 Å². The molecule has 0 aliphatic carbocycles. The first kappa shape index (κ1) is 16.8. The topological polar surface area (TPSA) is 46.7 Å². The minimum Gasteiger partial charge on any atom is -0.468 e. The van der Waals surface area contributed by atoms with E-state index in [1.807, 2.05) is 30.1 Å². The molecule has 2 aliphatic rings. The summed E-state index contributed by atoms with van der Waals surface area (Å²) in [4.78, 5) is 4.87. The average molecular weight is 344 g/mol. The second-order valence-corrected chi connectivity index (χ2v) is 7.62. The van der Waals surface area contributed by atoms with E-state index in [9.17, 15) is 0 Å². The summed E-state index contributed by atoms with van der Waals surface area (Å²) in [5.41, 5.74) is 1.30. The predicted octanol–water partition coefficient (Wildman–Crippen LogP) is 1.98. The highest BCUT2D eigenvalue weighted by molar-refractivity contribution is 5.04. The van der Waals surface area contributed by atoms with Crippen molar-refractivity contribution < 1.29 is 9.15 Å². The second kappa shape index (κ2) is 7.32. The molecule has 4 rings (SSSR count). The molecule has 0 radical (unpaired) electrons. The van der Waals surface area contributed by atoms with Crippen LogP contribution in [0.2, 0.25) is 0 Å². The highest BCUT2D eigenvalue weighted by Crippen LogP contribution is 2.35. The number of aryl methyl sites for hydroxylation is 1. The van der Waals surface area contributed by atoms with Crippen LogP contribution < -0.4 is 0 Å². The number of piperidine rings is 1. The predicted molar refractivity (Wildman–Crippen MR) is 94.9 cm³/mol. The third-order valence-electron chi connectivity index (χ3n) is 5.55. The SMILES string of the molecule is CN(Cc1ccco1)C[C@H]1OC[C@@H]2CCN(Cc3cnn(C)c3)C[C@@H]21. The van der Waals surface area contributed by atoms with E-state index in [0.29, 0.717) is 17.9 Å². The number of likely N-dealkylation sites (N-methyl/N-ethyl adjacent to an activating group) is 1. The van der Waals surface area contributed by atoms with Crippen LogP contribution in [-0.2, 0) is 24.9 Å². The fraction of sp³-hybridized carbons (Fsp3) is 0.632. The van der Waals surface area contributed by atoms with Gasteiger partial charge in [-0.15, -0.1) is 0 Å². The molecule has 2 saturated heterocycles. The van der Waals surface area contributed by atoms with Gasteiger partial charge in [-0.05, 0) is 38.1 Å². The van der Waals surface area contributed by atoms with Crippen LogP contribution in [-0.4, -0.2) is 59.0 Å². The van der Waals surface area contributed by atoms with Crippen molar-refractivity contribution in [1.82, 2.24) is 19.6 Å². The van der Waals surface area contributed by atoms with Crippen LogP contribution in [0.4, 0.5) is 0 Å². The summed E-state index contributed by atoms with van der Waals surface area (Å²) in [7, 11) is 4.13. The molecule has 0 spiro atoms. The third-order valence-corrected chi connectivity index (χ3v) is 5.55. The molecule has 0 N–H and O–H groups in total. The fourth-order valence-electron chi connectivity index (χ4n) is 4.28. The molecule has 3 atom stereocenters. The Labute approximate surface area is 149 Å². The normalized spacial score (nSPS) is 27.1. The van der Waals surface area contributed by atoms with E-state index < -0.39 is 0 Å². The Bertz CT molecular complexity index is 669. The van der Waals surface area contributed by atoms with Gasteiger partial charge in [-0.2, -0.15) is 5.10 Å². The molecule has 0 bridgehead atoms. The van der Waals surface area contributed by atoms with E-state index in [4.69, 9.17) is 9.15 Å². The van der Waals surface area contributed by atoms with Crippen molar-refractivity contribution in [3.05, 3.63) is 42.1 Å². The standard InChI is InChI=1S/C19H28N4O2/c1-21(11-17-4-3-7-24-17)13-19-18-12-23(6-5-16(18)14-25-19)10-15-8-20-22(2)9-15/h3-4,7-9,16,18-19H,5-6,10-14H2,1-2H3/t16-,18-,19+/m0/s1. The number of rotatable bonds is 6. The lowest BCUT2D eigenvalue weighted by Crippen LogP contribution is -2.44. The van der Waals surface area contributed by atoms with Crippen LogP contribution in [0.1, 0.15) is 17.7 Å². The molecule has 0 saturated carbocycles. The fourth-order valence-corrected chi connectivity index (χ4v) is 4.28. The van der Waals surface area contributed by atoms with Gasteiger partial charge in [0.2, 0.25) is 0 Å². The molecule has 25 heavy (non-hydrogen) atoms. The molecule has 2 aromatic rings. The van der Waals surface area contributed by atoms with Crippen molar-refractivity contribution in [2.75, 3.05) is 33.3 Å². The van der Waals surface area contributed by atoms with Crippen LogP contribution in [0.15, 0.2) is 35.2 Å². The van der Waals surface area contributed by atoms with Gasteiger partial charge < -0.3 is 9.15 Å². The molecule has 2 fully saturated rings. The van der Waals surface area contributed by atoms with Crippen LogP contribution in [0.3, 0.4) is 0 Å². The number of ether oxygens (including phenoxy) is 1. The Morgan fingerprint density at radius 2 is 2.32 bits per heavy atom. The second-order valence-electron chi connectivity index (χ2n) is 7.62. The van der Waals surface area contributed by atoms with Gasteiger partial charge in [0, 0.05) is 44.4 Å². The van der Waals surface area contributed by atoms with Gasteiger partial charge >= 0.3 is 0 Å². The van der Waals surface area contributed by atoms with E-state index in [-0.39, 0.29) is 0 Å². The maximum Gasteiger partial charge on any atom is 0.117 e. The number of likely N-dealkylation sites (tertiary alicyclic amines) is 1. The number of fused-ring (bicyclic) bond motifs is 1. The van der Waals surface area contributed by atoms with Crippen molar-refractivity contribution in [3.8, 4) is 0 Å². The monoisotopic (exact) mass is 344 g/mol. The Kier molecular flexibility index (Phi) is 4.92. The van der Waals surface area contributed by atoms with Crippen LogP contribution in [0, 0.1) is 11.8 Å². The maximum atomic E-state index is 6.18. The lowest BCUT2D eigenvalue weighted by atomic mass is 9.84. The first-order valence-corrected chi connectivity index (χ1v) is 9.20. The zero-order valence-electron chi connectivity index (χ0n) is 15.2. The zero-order valence-corrected chi connectivity index (χ0v) is 15.2. The maximum absolute atomic E-state index is 6.18. The lowest BCUT2D eigenvalue weighted by Gasteiger charge is -2.36. The minimum atomic E-state index is 0.321. The molecular weight excluding hydrogens is 316 g/mol. The first-order chi connectivity index (χ1) is 12.2. The van der Waals surface area contributed by atoms with Gasteiger partial charge in [0.25, 0.3) is 0 Å². The first-order valence-electron chi connectivity index (χ1n) is 9.20. The summed E-state index contributed by atoms with van der Waals surface area (Å²) >= 11 is 0. The molecule has 2 aromatic heterocycles. The van der Waals surface area contributed by atoms with E-state index in [2.05, 4.69) is 28.1 Å². The van der Waals surface area contributed by atoms with E-state index in [1.54, 1.807) is 6.26 Å². The number of hydrogen-bond acceptors (Lipinski definition) is 5. The molecule has 4 heterocycles. The number of nitrogens with zero attached hydrogens (tertiary/aromatic N) is 4. The van der Waals surface area contributed by atoms with Crippen LogP contribution in [0.25, 0.3) is 0 Å². The number of aromatic nitrogens is 2. The van der Waals surface area contributed by atoms with Crippen molar-refractivity contribution in [2.45, 2.75) is 25.6 Å². The van der Waals surface area contributed by atoms with Crippen LogP contribution >= 0.6 is 0 Å². The van der Waals surface area contributed by atoms with Crippen molar-refractivity contribution in [3.63, 3.8) is 0 Å². The van der Waals surface area contributed by atoms with Crippen molar-refractivity contribution >= 4 is 0 Å². The average Bonchev–Trinajstić information content (AvgIpc) is 3.31. The minimum absolute atomic E-state index is 0.321.